The number of rotatable bonds is 56. The summed E-state index contributed by atoms with van der Waals surface area (Å²) in [5, 5.41) is 0. The minimum absolute atomic E-state index is 0. The zero-order valence-electron chi connectivity index (χ0n) is 44.4. The average Bonchev–Trinajstić information content (AvgIpc) is 3.27. The van der Waals surface area contributed by atoms with Crippen molar-refractivity contribution in [1.82, 2.24) is 0 Å². The lowest BCUT2D eigenvalue weighted by atomic mass is 10.0. The maximum atomic E-state index is 2.33. The fourth-order valence-electron chi connectivity index (χ4n) is 10.5. The van der Waals surface area contributed by atoms with Gasteiger partial charge in [0.1, 0.15) is 0 Å². The van der Waals surface area contributed by atoms with Crippen molar-refractivity contribution in [2.45, 2.75) is 362 Å². The lowest BCUT2D eigenvalue weighted by Crippen LogP contribution is -3.00. The minimum Gasteiger partial charge on any atom is -1.00 e. The van der Waals surface area contributed by atoms with E-state index in [-0.39, 0.29) is 12.4 Å². The molecule has 0 spiro atoms. The second kappa shape index (κ2) is 57.4. The molecule has 0 aromatic rings. The summed E-state index contributed by atoms with van der Waals surface area (Å²) in [6.45, 7) is 15.3. The summed E-state index contributed by atoms with van der Waals surface area (Å²) in [6, 6.07) is 0. The van der Waals surface area contributed by atoms with Crippen molar-refractivity contribution < 1.29 is 16.9 Å². The fourth-order valence-corrected chi connectivity index (χ4v) is 10.5. The topological polar surface area (TPSA) is 0 Å². The first-order valence-electron chi connectivity index (χ1n) is 30.1. The molecular weight excluding hydrogens is 770 g/mol. The van der Waals surface area contributed by atoms with Crippen LogP contribution in [-0.4, -0.2) is 30.7 Å². The van der Waals surface area contributed by atoms with Gasteiger partial charge in [-0.3, -0.25) is 0 Å². The van der Waals surface area contributed by atoms with Crippen molar-refractivity contribution in [3.05, 3.63) is 0 Å². The van der Waals surface area contributed by atoms with Crippen LogP contribution in [0.15, 0.2) is 0 Å². The van der Waals surface area contributed by atoms with Crippen LogP contribution in [0.2, 0.25) is 0 Å². The third kappa shape index (κ3) is 51.2. The second-order valence-corrected chi connectivity index (χ2v) is 21.2. The summed E-state index contributed by atoms with van der Waals surface area (Å²) in [5.74, 6) is 0. The van der Waals surface area contributed by atoms with Crippen LogP contribution in [0.25, 0.3) is 0 Å². The van der Waals surface area contributed by atoms with E-state index >= 15 is 0 Å². The maximum Gasteiger partial charge on any atom is 0.0786 e. The van der Waals surface area contributed by atoms with E-state index in [1.54, 1.807) is 0 Å². The summed E-state index contributed by atoms with van der Waals surface area (Å²) in [5.41, 5.74) is 0. The Balaban J connectivity index is 0. The van der Waals surface area contributed by atoms with E-state index in [2.05, 4.69) is 27.7 Å². The van der Waals surface area contributed by atoms with Crippen molar-refractivity contribution in [3.8, 4) is 0 Å². The molecule has 0 aliphatic heterocycles. The van der Waals surface area contributed by atoms with E-state index in [4.69, 9.17) is 0 Å². The van der Waals surface area contributed by atoms with Crippen LogP contribution in [0, 0.1) is 0 Å². The highest BCUT2D eigenvalue weighted by Gasteiger charge is 2.25. The third-order valence-electron chi connectivity index (χ3n) is 14.9. The number of hydrogen-bond donors (Lipinski definition) is 0. The molecule has 0 fully saturated rings. The smallest absolute Gasteiger partial charge is 0.0786 e. The molecule has 376 valence electrons. The van der Waals surface area contributed by atoms with Crippen LogP contribution < -0.4 is 12.4 Å². The Morgan fingerprint density at radius 2 is 0.242 bits per heavy atom. The molecule has 0 aromatic carbocycles. The van der Waals surface area contributed by atoms with Gasteiger partial charge in [0, 0.05) is 0 Å². The standard InChI is InChI=1S/C60H124N.ClH/c1-5-9-13-17-21-25-29-33-37-41-45-49-53-57-61(58-54-50-46-42-38-34-30-26-22-18-14-10-6-2,59-55-51-47-43-39-35-31-27-23-19-15-11-7-3)60-56-52-48-44-40-36-32-28-24-20-16-12-8-4;/h5-60H2,1-4H3;1H/q+1;/p-1. The van der Waals surface area contributed by atoms with Crippen LogP contribution in [0.3, 0.4) is 0 Å². The highest BCUT2D eigenvalue weighted by molar-refractivity contribution is 4.57. The van der Waals surface area contributed by atoms with Gasteiger partial charge in [-0.25, -0.2) is 0 Å². The molecule has 2 heteroatoms. The molecule has 0 N–H and O–H groups in total. The zero-order chi connectivity index (χ0) is 44.1. The first-order valence-corrected chi connectivity index (χ1v) is 30.1. The maximum absolute atomic E-state index is 2.33. The number of unbranched alkanes of at least 4 members (excludes halogenated alkanes) is 48. The van der Waals surface area contributed by atoms with Crippen LogP contribution >= 0.6 is 0 Å². The Labute approximate surface area is 402 Å². The van der Waals surface area contributed by atoms with Gasteiger partial charge in [0.2, 0.25) is 0 Å². The number of hydrogen-bond acceptors (Lipinski definition) is 0. The van der Waals surface area contributed by atoms with Gasteiger partial charge in [-0.1, -0.05) is 310 Å². The monoisotopic (exact) mass is 894 g/mol. The number of nitrogens with zero attached hydrogens (tertiary/aromatic N) is 1. The van der Waals surface area contributed by atoms with Crippen molar-refractivity contribution in [2.24, 2.45) is 0 Å². The summed E-state index contributed by atoms with van der Waals surface area (Å²) in [6.07, 6.45) is 76.7. The molecule has 0 aromatic heterocycles. The van der Waals surface area contributed by atoms with Gasteiger partial charge >= 0.3 is 0 Å². The van der Waals surface area contributed by atoms with Gasteiger partial charge in [-0.05, 0) is 51.4 Å². The lowest BCUT2D eigenvalue weighted by molar-refractivity contribution is -0.929. The Kier molecular flexibility index (Phi) is 59.5. The van der Waals surface area contributed by atoms with Crippen LogP contribution in [0.5, 0.6) is 0 Å². The molecule has 0 amide bonds. The van der Waals surface area contributed by atoms with Crippen molar-refractivity contribution in [3.63, 3.8) is 0 Å². The van der Waals surface area contributed by atoms with Gasteiger partial charge in [-0.15, -0.1) is 0 Å². The van der Waals surface area contributed by atoms with Gasteiger partial charge in [0.25, 0.3) is 0 Å². The Bertz CT molecular complexity index is 626. The van der Waals surface area contributed by atoms with E-state index in [1.165, 1.54) is 365 Å². The molecule has 0 aliphatic rings. The van der Waals surface area contributed by atoms with E-state index in [1.807, 2.05) is 0 Å². The molecule has 0 atom stereocenters. The van der Waals surface area contributed by atoms with Crippen LogP contribution in [-0.2, 0) is 0 Å². The van der Waals surface area contributed by atoms with Gasteiger partial charge < -0.3 is 16.9 Å². The summed E-state index contributed by atoms with van der Waals surface area (Å²) < 4.78 is 1.49. The largest absolute Gasteiger partial charge is 1.00 e. The molecule has 1 nitrogen and oxygen atoms in total. The summed E-state index contributed by atoms with van der Waals surface area (Å²) in [7, 11) is 0. The summed E-state index contributed by atoms with van der Waals surface area (Å²) >= 11 is 0. The normalized spacial score (nSPS) is 11.8. The van der Waals surface area contributed by atoms with E-state index in [0.717, 1.165) is 0 Å². The molecule has 0 saturated carbocycles. The lowest BCUT2D eigenvalue weighted by Gasteiger charge is -2.40. The quantitative estimate of drug-likeness (QED) is 0.0422. The molecule has 0 aliphatic carbocycles. The van der Waals surface area contributed by atoms with Crippen molar-refractivity contribution >= 4 is 0 Å². The minimum atomic E-state index is 0. The molecule has 0 saturated heterocycles. The second-order valence-electron chi connectivity index (χ2n) is 21.2. The predicted molar refractivity (Wildman–Crippen MR) is 283 cm³/mol. The van der Waals surface area contributed by atoms with Crippen LogP contribution in [0.4, 0.5) is 0 Å². The molecule has 0 bridgehead atoms. The highest BCUT2D eigenvalue weighted by Crippen LogP contribution is 2.22. The number of halogens is 1. The van der Waals surface area contributed by atoms with E-state index in [9.17, 15) is 0 Å². The van der Waals surface area contributed by atoms with E-state index < -0.39 is 0 Å². The van der Waals surface area contributed by atoms with Crippen molar-refractivity contribution in [2.75, 3.05) is 26.2 Å². The SMILES string of the molecule is CCCCCCCCCCCCCCC[N+](CCCCCCCCCCCCCCC)(CCCCCCCCCCCCCCC)CCCCCCCCCCCCCCC.[Cl-]. The molecule has 0 rings (SSSR count). The molecule has 62 heavy (non-hydrogen) atoms. The average molecular weight is 895 g/mol. The Morgan fingerprint density at radius 3 is 0.355 bits per heavy atom. The first kappa shape index (κ1) is 64.3. The number of quaternary nitrogens is 1. The Morgan fingerprint density at radius 1 is 0.145 bits per heavy atom. The molecule has 0 radical (unpaired) electrons. The predicted octanol–water partition coefficient (Wildman–Crippen LogP) is 19.2. The first-order chi connectivity index (χ1) is 30.2. The van der Waals surface area contributed by atoms with Gasteiger partial charge in [-0.2, -0.15) is 0 Å². The fraction of sp³-hybridized carbons (Fsp3) is 1.00. The third-order valence-corrected chi connectivity index (χ3v) is 14.9. The summed E-state index contributed by atoms with van der Waals surface area (Å²) in [4.78, 5) is 0. The van der Waals surface area contributed by atoms with Crippen LogP contribution in [0.1, 0.15) is 362 Å². The molecular formula is C60H124ClN. The van der Waals surface area contributed by atoms with Gasteiger partial charge in [0.15, 0.2) is 0 Å². The Hall–Kier alpha value is 0.250. The van der Waals surface area contributed by atoms with Gasteiger partial charge in [0.05, 0.1) is 26.2 Å². The molecule has 0 unspecified atom stereocenters. The molecule has 0 heterocycles. The zero-order valence-corrected chi connectivity index (χ0v) is 45.2. The highest BCUT2D eigenvalue weighted by atomic mass is 35.5. The van der Waals surface area contributed by atoms with E-state index in [0.29, 0.717) is 0 Å². The van der Waals surface area contributed by atoms with Crippen molar-refractivity contribution in [1.29, 1.82) is 0 Å².